The van der Waals surface area contributed by atoms with Crippen LogP contribution in [0.3, 0.4) is 0 Å². The molecule has 0 spiro atoms. The van der Waals surface area contributed by atoms with Crippen molar-refractivity contribution in [2.75, 3.05) is 0 Å². The second kappa shape index (κ2) is 8.33. The minimum Gasteiger partial charge on any atom is -0.483 e. The Hall–Kier alpha value is 0.425. The average molecular weight is 363 g/mol. The Kier molecular flexibility index (Phi) is 7.05. The van der Waals surface area contributed by atoms with Crippen molar-refractivity contribution < 1.29 is 71.7 Å². The van der Waals surface area contributed by atoms with Crippen LogP contribution in [-0.4, -0.2) is 6.10 Å². The van der Waals surface area contributed by atoms with Crippen molar-refractivity contribution in [1.29, 1.82) is 0 Å². The molecule has 0 saturated heterocycles. The zero-order valence-electron chi connectivity index (χ0n) is 12.4. The molecule has 0 aromatic heterocycles. The van der Waals surface area contributed by atoms with E-state index in [1.54, 1.807) is 6.07 Å². The zero-order chi connectivity index (χ0) is 13.9. The molecule has 21 heavy (non-hydrogen) atoms. The van der Waals surface area contributed by atoms with E-state index in [-0.39, 0.29) is 70.0 Å². The van der Waals surface area contributed by atoms with E-state index < -0.39 is 11.6 Å². The first-order chi connectivity index (χ1) is 9.74. The van der Waals surface area contributed by atoms with Gasteiger partial charge in [-0.15, -0.1) is 0 Å². The van der Waals surface area contributed by atoms with E-state index in [0.29, 0.717) is 5.92 Å². The van der Waals surface area contributed by atoms with Crippen LogP contribution in [0.4, 0.5) is 8.78 Å². The fourth-order valence-electron chi connectivity index (χ4n) is 2.97. The summed E-state index contributed by atoms with van der Waals surface area (Å²) in [5.41, 5.74) is 0.765. The summed E-state index contributed by atoms with van der Waals surface area (Å²) in [6.45, 7) is 0. The van der Waals surface area contributed by atoms with Gasteiger partial charge in [0.05, 0.1) is 0 Å². The van der Waals surface area contributed by atoms with Crippen molar-refractivity contribution >= 4 is 0 Å². The van der Waals surface area contributed by atoms with Gasteiger partial charge < -0.3 is 11.2 Å². The third-order valence-electron chi connectivity index (χ3n) is 4.18. The van der Waals surface area contributed by atoms with Gasteiger partial charge in [0.15, 0.2) is 11.6 Å². The van der Waals surface area contributed by atoms with Gasteiger partial charge in [0.1, 0.15) is 6.10 Å². The summed E-state index contributed by atoms with van der Waals surface area (Å²) in [4.78, 5) is 0. The smallest absolute Gasteiger partial charge is 0.483 e. The predicted molar refractivity (Wildman–Crippen MR) is 74.5 cm³/mol. The van der Waals surface area contributed by atoms with E-state index in [4.69, 9.17) is 4.74 Å². The first-order valence-corrected chi connectivity index (χ1v) is 7.37. The van der Waals surface area contributed by atoms with E-state index in [1.165, 1.54) is 31.7 Å². The Bertz CT molecular complexity index is 510. The van der Waals surface area contributed by atoms with Gasteiger partial charge in [-0.25, -0.2) is 4.39 Å². The molecule has 1 aromatic rings. The van der Waals surface area contributed by atoms with Gasteiger partial charge in [0, 0.05) is 0 Å². The first-order valence-electron chi connectivity index (χ1n) is 7.37. The van der Waals surface area contributed by atoms with Crippen molar-refractivity contribution in [3.05, 3.63) is 47.9 Å². The standard InChI is InChI=1S/C17H19F2O.Rb/c18-15-11-8-13-7-10-14(20-17(13)16(15)19)9-6-12-4-2-1-3-5-12;/h1,6,8-9,11-12,14H,2-5,7,10H2;/q-1;+1/b9-6+;. The molecule has 1 heterocycles. The van der Waals surface area contributed by atoms with E-state index >= 15 is 0 Å². The van der Waals surface area contributed by atoms with E-state index in [1.807, 2.05) is 6.08 Å². The molecular weight excluding hydrogens is 344 g/mol. The Balaban J connectivity index is 0.00000161. The van der Waals surface area contributed by atoms with Gasteiger partial charge in [0.25, 0.3) is 0 Å². The number of allylic oxidation sites excluding steroid dienone is 1. The van der Waals surface area contributed by atoms with Crippen LogP contribution in [-0.2, 0) is 6.42 Å². The van der Waals surface area contributed by atoms with Crippen molar-refractivity contribution in [1.82, 2.24) is 0 Å². The molecule has 1 atom stereocenters. The average Bonchev–Trinajstić information content (AvgIpc) is 2.50. The molecule has 1 aliphatic carbocycles. The van der Waals surface area contributed by atoms with E-state index in [9.17, 15) is 8.78 Å². The second-order valence-electron chi connectivity index (χ2n) is 5.63. The second-order valence-corrected chi connectivity index (χ2v) is 5.63. The number of ether oxygens (including phenoxy) is 1. The fraction of sp³-hybridized carbons (Fsp3) is 0.471. The fourth-order valence-corrected chi connectivity index (χ4v) is 2.97. The third-order valence-corrected chi connectivity index (χ3v) is 4.18. The Morgan fingerprint density at radius 3 is 2.62 bits per heavy atom. The number of hydrogen-bond acceptors (Lipinski definition) is 1. The van der Waals surface area contributed by atoms with Gasteiger partial charge >= 0.3 is 58.2 Å². The maximum Gasteiger partial charge on any atom is 1.00 e. The number of hydrogen-bond donors (Lipinski definition) is 0. The summed E-state index contributed by atoms with van der Waals surface area (Å²) in [6, 6.07) is 2.79. The predicted octanol–water partition coefficient (Wildman–Crippen LogP) is 1.61. The third kappa shape index (κ3) is 4.46. The van der Waals surface area contributed by atoms with Gasteiger partial charge in [-0.3, -0.25) is 0 Å². The molecule has 0 bridgehead atoms. The van der Waals surface area contributed by atoms with Gasteiger partial charge in [-0.05, 0) is 36.5 Å². The van der Waals surface area contributed by atoms with Gasteiger partial charge in [-0.1, -0.05) is 25.0 Å². The molecule has 2 aliphatic rings. The quantitative estimate of drug-likeness (QED) is 0.574. The molecule has 1 saturated carbocycles. The minimum absolute atomic E-state index is 0. The molecule has 1 aliphatic heterocycles. The summed E-state index contributed by atoms with van der Waals surface area (Å²) in [5.74, 6) is -0.991. The van der Waals surface area contributed by atoms with Crippen LogP contribution < -0.4 is 62.9 Å². The molecule has 3 rings (SSSR count). The van der Waals surface area contributed by atoms with Gasteiger partial charge in [-0.2, -0.15) is 17.2 Å². The summed E-state index contributed by atoms with van der Waals surface area (Å²) in [7, 11) is 0. The molecular formula is C17H19F2ORb. The Morgan fingerprint density at radius 2 is 1.86 bits per heavy atom. The molecule has 108 valence electrons. The normalized spacial score (nSPS) is 22.5. The SMILES string of the molecule is Fc1ccc2c(c1F)OC(/C=C/C1CC[CH-]CC1)CC2.[Rb+]. The van der Waals surface area contributed by atoms with Crippen LogP contribution in [0.2, 0.25) is 0 Å². The van der Waals surface area contributed by atoms with Crippen molar-refractivity contribution in [2.24, 2.45) is 5.92 Å². The minimum atomic E-state index is -0.854. The van der Waals surface area contributed by atoms with Crippen molar-refractivity contribution in [3.63, 3.8) is 0 Å². The molecule has 0 N–H and O–H groups in total. The monoisotopic (exact) mass is 362 g/mol. The summed E-state index contributed by atoms with van der Waals surface area (Å²) in [6.07, 6.45) is 12.7. The number of aryl methyl sites for hydroxylation is 1. The molecule has 4 heteroatoms. The first kappa shape index (κ1) is 17.8. The molecule has 1 nitrogen and oxygen atoms in total. The van der Waals surface area contributed by atoms with Crippen LogP contribution in [0, 0.1) is 24.0 Å². The van der Waals surface area contributed by atoms with Crippen molar-refractivity contribution in [3.8, 4) is 5.75 Å². The van der Waals surface area contributed by atoms with Crippen LogP contribution in [0.25, 0.3) is 0 Å². The molecule has 1 fully saturated rings. The van der Waals surface area contributed by atoms with Crippen LogP contribution >= 0.6 is 0 Å². The van der Waals surface area contributed by atoms with E-state index in [2.05, 4.69) is 12.5 Å². The van der Waals surface area contributed by atoms with Crippen LogP contribution in [0.15, 0.2) is 24.3 Å². The molecule has 0 amide bonds. The number of benzene rings is 1. The molecule has 0 radical (unpaired) electrons. The summed E-state index contributed by atoms with van der Waals surface area (Å²) in [5, 5.41) is 0. The Labute approximate surface area is 173 Å². The Morgan fingerprint density at radius 1 is 1.10 bits per heavy atom. The summed E-state index contributed by atoms with van der Waals surface area (Å²) < 4.78 is 32.6. The summed E-state index contributed by atoms with van der Waals surface area (Å²) >= 11 is 0. The molecule has 1 aromatic carbocycles. The number of rotatable bonds is 2. The number of fused-ring (bicyclic) bond motifs is 1. The maximum absolute atomic E-state index is 13.7. The van der Waals surface area contributed by atoms with E-state index in [0.717, 1.165) is 18.4 Å². The number of halogens is 2. The van der Waals surface area contributed by atoms with Gasteiger partial charge in [0.2, 0.25) is 5.82 Å². The van der Waals surface area contributed by atoms with Crippen LogP contribution in [0.5, 0.6) is 5.75 Å². The van der Waals surface area contributed by atoms with Crippen molar-refractivity contribution in [2.45, 2.75) is 44.6 Å². The zero-order valence-corrected chi connectivity index (χ0v) is 17.4. The maximum atomic E-state index is 13.7. The van der Waals surface area contributed by atoms with Crippen LogP contribution in [0.1, 0.15) is 37.7 Å². The topological polar surface area (TPSA) is 9.23 Å². The largest absolute Gasteiger partial charge is 1.00 e. The molecule has 1 unspecified atom stereocenters.